The van der Waals surface area contributed by atoms with Crippen molar-refractivity contribution in [3.63, 3.8) is 0 Å². The van der Waals surface area contributed by atoms with Crippen molar-refractivity contribution in [2.24, 2.45) is 0 Å². The number of hydrogen-bond donors (Lipinski definition) is 0. The van der Waals surface area contributed by atoms with Gasteiger partial charge in [-0.25, -0.2) is 15.0 Å². The summed E-state index contributed by atoms with van der Waals surface area (Å²) < 4.78 is 12.3. The summed E-state index contributed by atoms with van der Waals surface area (Å²) in [4.78, 5) is 45.9. The lowest BCUT2D eigenvalue weighted by atomic mass is 10.2. The van der Waals surface area contributed by atoms with Crippen LogP contribution in [-0.2, 0) is 9.47 Å². The highest BCUT2D eigenvalue weighted by atomic mass is 35.5. The molecule has 3 aromatic heterocycles. The van der Waals surface area contributed by atoms with Crippen molar-refractivity contribution in [2.45, 2.75) is 39.8 Å². The Kier molecular flexibility index (Phi) is 9.01. The van der Waals surface area contributed by atoms with Gasteiger partial charge in [0.2, 0.25) is 22.9 Å². The standard InChI is InChI=1S/C13H16N6O3.C10H13ClN4O3/c1-9-7-22-6-5-18(9)13-15-10(2)11(19(20)21)12(16-13)17-4-3-14-8-17;1-6-5-18-4-3-14(6)10-12-7(2)8(15(16)17)9(11)13-10/h3-4,8-9H,5-7H2,1-2H3;6H,3-5H2,1-2H3/t9-;6-/m00/s1. The van der Waals surface area contributed by atoms with E-state index in [1.54, 1.807) is 26.2 Å². The minimum Gasteiger partial charge on any atom is -0.377 e. The molecule has 0 radical (unpaired) electrons. The Morgan fingerprint density at radius 2 is 1.40 bits per heavy atom. The fraction of sp³-hybridized carbons (Fsp3) is 0.522. The van der Waals surface area contributed by atoms with Crippen LogP contribution in [0.4, 0.5) is 23.3 Å². The molecule has 2 saturated heterocycles. The number of halogens is 1. The predicted molar refractivity (Wildman–Crippen MR) is 144 cm³/mol. The lowest BCUT2D eigenvalue weighted by Gasteiger charge is -2.33. The van der Waals surface area contributed by atoms with Crippen LogP contribution in [0.3, 0.4) is 0 Å². The molecule has 2 aliphatic rings. The Morgan fingerprint density at radius 3 is 1.85 bits per heavy atom. The van der Waals surface area contributed by atoms with E-state index in [0.717, 1.165) is 0 Å². The van der Waals surface area contributed by atoms with Crippen LogP contribution in [0.2, 0.25) is 5.15 Å². The molecule has 5 rings (SSSR count). The van der Waals surface area contributed by atoms with Gasteiger partial charge < -0.3 is 19.3 Å². The SMILES string of the molecule is Cc1nc(N2CCOC[C@@H]2C)nc(-n2ccnc2)c1[N+](=O)[O-].Cc1nc(N2CCOC[C@@H]2C)nc(Cl)c1[N+](=O)[O-]. The van der Waals surface area contributed by atoms with Gasteiger partial charge in [-0.3, -0.25) is 24.8 Å². The summed E-state index contributed by atoms with van der Waals surface area (Å²) in [7, 11) is 0. The van der Waals surface area contributed by atoms with Gasteiger partial charge in [0.1, 0.15) is 17.7 Å². The number of nitro groups is 2. The number of imidazole rings is 1. The average molecular weight is 577 g/mol. The molecule has 0 bridgehead atoms. The van der Waals surface area contributed by atoms with Gasteiger partial charge in [0.05, 0.1) is 48.4 Å². The molecular weight excluding hydrogens is 548 g/mol. The molecule has 214 valence electrons. The molecular formula is C23H29ClN10O6. The highest BCUT2D eigenvalue weighted by Gasteiger charge is 2.29. The van der Waals surface area contributed by atoms with Crippen LogP contribution in [0, 0.1) is 34.1 Å². The molecule has 0 saturated carbocycles. The van der Waals surface area contributed by atoms with E-state index in [1.165, 1.54) is 10.9 Å². The maximum Gasteiger partial charge on any atom is 0.333 e. The second-order valence-corrected chi connectivity index (χ2v) is 9.61. The van der Waals surface area contributed by atoms with Crippen molar-refractivity contribution in [1.82, 2.24) is 29.5 Å². The normalized spacial score (nSPS) is 19.1. The molecule has 40 heavy (non-hydrogen) atoms. The molecule has 0 N–H and O–H groups in total. The van der Waals surface area contributed by atoms with Gasteiger partial charge in [-0.1, -0.05) is 11.6 Å². The van der Waals surface area contributed by atoms with Crippen LogP contribution >= 0.6 is 11.6 Å². The second-order valence-electron chi connectivity index (χ2n) is 9.25. The number of nitrogens with zero attached hydrogens (tertiary/aromatic N) is 10. The number of rotatable bonds is 5. The first-order chi connectivity index (χ1) is 19.1. The van der Waals surface area contributed by atoms with E-state index in [2.05, 4.69) is 24.9 Å². The highest BCUT2D eigenvalue weighted by molar-refractivity contribution is 6.31. The second kappa shape index (κ2) is 12.4. The van der Waals surface area contributed by atoms with E-state index in [4.69, 9.17) is 21.1 Å². The molecule has 16 nitrogen and oxygen atoms in total. The minimum atomic E-state index is -0.565. The number of ether oxygens (including phenoxy) is 2. The third-order valence-corrected chi connectivity index (χ3v) is 6.66. The van der Waals surface area contributed by atoms with Gasteiger partial charge in [-0.05, 0) is 27.7 Å². The molecule has 0 unspecified atom stereocenters. The average Bonchev–Trinajstić information content (AvgIpc) is 3.43. The minimum absolute atomic E-state index is 0.109. The van der Waals surface area contributed by atoms with Crippen LogP contribution in [0.25, 0.3) is 5.82 Å². The summed E-state index contributed by atoms with van der Waals surface area (Å²) >= 11 is 5.85. The van der Waals surface area contributed by atoms with Crippen molar-refractivity contribution >= 4 is 34.9 Å². The third kappa shape index (κ3) is 6.24. The van der Waals surface area contributed by atoms with E-state index >= 15 is 0 Å². The Hall–Kier alpha value is -4.02. The lowest BCUT2D eigenvalue weighted by molar-refractivity contribution is -0.386. The number of anilines is 2. The number of hydrogen-bond acceptors (Lipinski definition) is 13. The van der Waals surface area contributed by atoms with Gasteiger partial charge in [0, 0.05) is 25.5 Å². The van der Waals surface area contributed by atoms with Crippen molar-refractivity contribution in [3.05, 3.63) is 55.5 Å². The van der Waals surface area contributed by atoms with Gasteiger partial charge in [0.15, 0.2) is 0 Å². The number of aryl methyl sites for hydroxylation is 2. The summed E-state index contributed by atoms with van der Waals surface area (Å²) in [6, 6.07) is 0.237. The smallest absolute Gasteiger partial charge is 0.333 e. The van der Waals surface area contributed by atoms with Gasteiger partial charge in [-0.15, -0.1) is 0 Å². The van der Waals surface area contributed by atoms with E-state index in [-0.39, 0.29) is 40.1 Å². The van der Waals surface area contributed by atoms with E-state index in [0.29, 0.717) is 57.1 Å². The lowest BCUT2D eigenvalue weighted by Crippen LogP contribution is -2.44. The van der Waals surface area contributed by atoms with Crippen molar-refractivity contribution in [1.29, 1.82) is 0 Å². The summed E-state index contributed by atoms with van der Waals surface area (Å²) in [6.45, 7) is 10.8. The summed E-state index contributed by atoms with van der Waals surface area (Å²) in [6.07, 6.45) is 4.67. The molecule has 3 aromatic rings. The molecule has 0 spiro atoms. The zero-order chi connectivity index (χ0) is 29.0. The molecule has 17 heteroatoms. The molecule has 2 aliphatic heterocycles. The quantitative estimate of drug-likeness (QED) is 0.246. The molecule has 0 aromatic carbocycles. The first kappa shape index (κ1) is 29.0. The first-order valence-corrected chi connectivity index (χ1v) is 12.8. The molecule has 2 atom stereocenters. The topological polar surface area (TPSA) is 181 Å². The zero-order valence-corrected chi connectivity index (χ0v) is 23.2. The Balaban J connectivity index is 0.000000189. The van der Waals surface area contributed by atoms with E-state index < -0.39 is 9.85 Å². The molecule has 5 heterocycles. The Bertz CT molecular complexity index is 1350. The summed E-state index contributed by atoms with van der Waals surface area (Å²) in [5.41, 5.74) is 0.259. The van der Waals surface area contributed by atoms with E-state index in [9.17, 15) is 20.2 Å². The van der Waals surface area contributed by atoms with Gasteiger partial charge >= 0.3 is 11.4 Å². The van der Waals surface area contributed by atoms with Crippen LogP contribution in [0.1, 0.15) is 25.2 Å². The monoisotopic (exact) mass is 576 g/mol. The third-order valence-electron chi connectivity index (χ3n) is 6.40. The van der Waals surface area contributed by atoms with Crippen molar-refractivity contribution < 1.29 is 19.3 Å². The Morgan fingerprint density at radius 1 is 0.875 bits per heavy atom. The van der Waals surface area contributed by atoms with Crippen molar-refractivity contribution in [3.8, 4) is 5.82 Å². The van der Waals surface area contributed by atoms with Crippen LogP contribution in [0.15, 0.2) is 18.7 Å². The maximum absolute atomic E-state index is 11.3. The highest BCUT2D eigenvalue weighted by Crippen LogP contribution is 2.29. The molecule has 0 amide bonds. The molecule has 2 fully saturated rings. The van der Waals surface area contributed by atoms with E-state index in [1.807, 2.05) is 23.6 Å². The largest absolute Gasteiger partial charge is 0.377 e. The van der Waals surface area contributed by atoms with Crippen LogP contribution in [0.5, 0.6) is 0 Å². The summed E-state index contributed by atoms with van der Waals surface area (Å²) in [5, 5.41) is 22.0. The maximum atomic E-state index is 11.3. The van der Waals surface area contributed by atoms with Gasteiger partial charge in [0.25, 0.3) is 0 Å². The summed E-state index contributed by atoms with van der Waals surface area (Å²) in [5.74, 6) is 1.12. The Labute approximate surface area is 234 Å². The van der Waals surface area contributed by atoms with Crippen molar-refractivity contribution in [2.75, 3.05) is 49.3 Å². The van der Waals surface area contributed by atoms with Crippen LogP contribution < -0.4 is 9.80 Å². The van der Waals surface area contributed by atoms with Gasteiger partial charge in [-0.2, -0.15) is 9.97 Å². The predicted octanol–water partition coefficient (Wildman–Crippen LogP) is 2.68. The zero-order valence-electron chi connectivity index (χ0n) is 22.4. The first-order valence-electron chi connectivity index (χ1n) is 12.5. The number of aromatic nitrogens is 6. The number of morpholine rings is 2. The fourth-order valence-corrected chi connectivity index (χ4v) is 4.63. The molecule has 0 aliphatic carbocycles. The van der Waals surface area contributed by atoms with Crippen LogP contribution in [-0.4, -0.2) is 90.9 Å². The fourth-order valence-electron chi connectivity index (χ4n) is 4.35.